The summed E-state index contributed by atoms with van der Waals surface area (Å²) in [4.78, 5) is 12.0. The van der Waals surface area contributed by atoms with E-state index >= 15 is 0 Å². The Morgan fingerprint density at radius 1 is 1.25 bits per heavy atom. The number of allylic oxidation sites excluding steroid dienone is 2. The molecule has 0 saturated heterocycles. The van der Waals surface area contributed by atoms with Crippen LogP contribution in [-0.4, -0.2) is 21.8 Å². The maximum absolute atomic E-state index is 12.0. The number of ether oxygens (including phenoxy) is 1. The van der Waals surface area contributed by atoms with Crippen LogP contribution in [0.2, 0.25) is 0 Å². The first kappa shape index (κ1) is 20.8. The van der Waals surface area contributed by atoms with Gasteiger partial charge in [-0.3, -0.25) is 0 Å². The average Bonchev–Trinajstić information content (AvgIpc) is 2.60. The summed E-state index contributed by atoms with van der Waals surface area (Å²) in [5, 5.41) is 20.9. The van der Waals surface area contributed by atoms with Crippen molar-refractivity contribution in [3.8, 4) is 11.5 Å². The lowest BCUT2D eigenvalue weighted by Gasteiger charge is -2.46. The molecule has 3 rings (SSSR count). The zero-order valence-electron chi connectivity index (χ0n) is 17.7. The smallest absolute Gasteiger partial charge is 0.339 e. The fourth-order valence-electron chi connectivity index (χ4n) is 4.97. The van der Waals surface area contributed by atoms with E-state index in [2.05, 4.69) is 33.8 Å². The molecule has 4 heteroatoms. The Labute approximate surface area is 168 Å². The SMILES string of the molecule is CCCCCCCc1cc2c(c(O)c1C(=O)O)C1C=C(C)CCC1C(C)(C)O2. The number of aromatic carboxylic acids is 1. The van der Waals surface area contributed by atoms with Crippen LogP contribution in [0.5, 0.6) is 11.5 Å². The van der Waals surface area contributed by atoms with Gasteiger partial charge in [-0.2, -0.15) is 0 Å². The van der Waals surface area contributed by atoms with Crippen molar-refractivity contribution in [1.82, 2.24) is 0 Å². The number of unbranched alkanes of at least 4 members (excludes halogenated alkanes) is 4. The Morgan fingerprint density at radius 3 is 2.64 bits per heavy atom. The molecule has 0 fully saturated rings. The Bertz CT molecular complexity index is 775. The molecule has 4 nitrogen and oxygen atoms in total. The van der Waals surface area contributed by atoms with E-state index in [1.54, 1.807) is 0 Å². The van der Waals surface area contributed by atoms with Gasteiger partial charge in [0.1, 0.15) is 22.7 Å². The number of hydrogen-bond acceptors (Lipinski definition) is 3. The molecule has 0 spiro atoms. The Hall–Kier alpha value is -1.97. The van der Waals surface area contributed by atoms with Crippen LogP contribution in [-0.2, 0) is 6.42 Å². The minimum atomic E-state index is -1.05. The molecule has 2 N–H and O–H groups in total. The highest BCUT2D eigenvalue weighted by molar-refractivity contribution is 5.94. The predicted molar refractivity (Wildman–Crippen MR) is 111 cm³/mol. The van der Waals surface area contributed by atoms with Crippen LogP contribution in [0.3, 0.4) is 0 Å². The van der Waals surface area contributed by atoms with E-state index in [1.165, 1.54) is 18.4 Å². The molecule has 2 aliphatic rings. The maximum Gasteiger partial charge on any atom is 0.339 e. The minimum absolute atomic E-state index is 0.00389. The number of aryl methyl sites for hydroxylation is 1. The van der Waals surface area contributed by atoms with Gasteiger partial charge in [-0.15, -0.1) is 0 Å². The van der Waals surface area contributed by atoms with Crippen molar-refractivity contribution >= 4 is 5.97 Å². The minimum Gasteiger partial charge on any atom is -0.507 e. The fourth-order valence-corrected chi connectivity index (χ4v) is 4.97. The first-order chi connectivity index (χ1) is 13.3. The topological polar surface area (TPSA) is 66.8 Å². The van der Waals surface area contributed by atoms with E-state index in [-0.39, 0.29) is 28.7 Å². The lowest BCUT2D eigenvalue weighted by molar-refractivity contribution is 0.0106. The molecule has 0 saturated carbocycles. The van der Waals surface area contributed by atoms with Crippen molar-refractivity contribution in [2.75, 3.05) is 0 Å². The van der Waals surface area contributed by atoms with Gasteiger partial charge < -0.3 is 14.9 Å². The number of carboxylic acids is 1. The van der Waals surface area contributed by atoms with Gasteiger partial charge in [-0.05, 0) is 58.1 Å². The predicted octanol–water partition coefficient (Wildman–Crippen LogP) is 6.21. The lowest BCUT2D eigenvalue weighted by Crippen LogP contribution is -2.45. The quantitative estimate of drug-likeness (QED) is 0.431. The van der Waals surface area contributed by atoms with Crippen LogP contribution in [0.15, 0.2) is 17.7 Å². The third kappa shape index (κ3) is 3.92. The second-order valence-corrected chi connectivity index (χ2v) is 9.03. The molecule has 1 heterocycles. The van der Waals surface area contributed by atoms with Gasteiger partial charge in [-0.1, -0.05) is 44.3 Å². The molecule has 0 amide bonds. The highest BCUT2D eigenvalue weighted by Crippen LogP contribution is 2.54. The molecular formula is C24H34O4. The highest BCUT2D eigenvalue weighted by atomic mass is 16.5. The van der Waals surface area contributed by atoms with E-state index < -0.39 is 5.97 Å². The van der Waals surface area contributed by atoms with Gasteiger partial charge in [0.15, 0.2) is 0 Å². The standard InChI is InChI=1S/C24H34O4/c1-5-6-7-8-9-10-16-14-19-21(22(25)20(16)23(26)27)17-13-15(2)11-12-18(17)24(3,4)28-19/h13-14,17-18,25H,5-12H2,1-4H3,(H,26,27). The number of phenols is 1. The highest BCUT2D eigenvalue weighted by Gasteiger charge is 2.46. The molecular weight excluding hydrogens is 352 g/mol. The molecule has 1 aliphatic carbocycles. The van der Waals surface area contributed by atoms with Crippen LogP contribution in [0, 0.1) is 5.92 Å². The molecule has 2 atom stereocenters. The molecule has 0 bridgehead atoms. The van der Waals surface area contributed by atoms with E-state index in [9.17, 15) is 15.0 Å². The van der Waals surface area contributed by atoms with Crippen LogP contribution in [0.25, 0.3) is 0 Å². The van der Waals surface area contributed by atoms with Crippen molar-refractivity contribution < 1.29 is 19.7 Å². The van der Waals surface area contributed by atoms with E-state index in [1.807, 2.05) is 6.07 Å². The summed E-state index contributed by atoms with van der Waals surface area (Å²) >= 11 is 0. The summed E-state index contributed by atoms with van der Waals surface area (Å²) in [5.41, 5.74) is 2.36. The van der Waals surface area contributed by atoms with E-state index in [0.29, 0.717) is 23.3 Å². The molecule has 2 unspecified atom stereocenters. The summed E-state index contributed by atoms with van der Waals surface area (Å²) in [6.45, 7) is 8.50. The first-order valence-corrected chi connectivity index (χ1v) is 10.7. The van der Waals surface area contributed by atoms with Gasteiger partial charge in [0.25, 0.3) is 0 Å². The summed E-state index contributed by atoms with van der Waals surface area (Å²) in [7, 11) is 0. The number of aromatic hydroxyl groups is 1. The van der Waals surface area contributed by atoms with Gasteiger partial charge in [0.2, 0.25) is 0 Å². The lowest BCUT2D eigenvalue weighted by atomic mass is 9.67. The zero-order chi connectivity index (χ0) is 20.5. The number of carboxylic acid groups (broad SMARTS) is 1. The summed E-state index contributed by atoms with van der Waals surface area (Å²) in [6.07, 6.45) is 10.4. The summed E-state index contributed by atoms with van der Waals surface area (Å²) in [5.74, 6) is -0.254. The van der Waals surface area contributed by atoms with E-state index in [4.69, 9.17) is 4.74 Å². The number of hydrogen-bond donors (Lipinski definition) is 2. The van der Waals surface area contributed by atoms with Gasteiger partial charge in [-0.25, -0.2) is 4.79 Å². The summed E-state index contributed by atoms with van der Waals surface area (Å²) in [6, 6.07) is 1.88. The maximum atomic E-state index is 12.0. The molecule has 0 radical (unpaired) electrons. The first-order valence-electron chi connectivity index (χ1n) is 10.7. The largest absolute Gasteiger partial charge is 0.507 e. The van der Waals surface area contributed by atoms with Crippen molar-refractivity contribution in [3.63, 3.8) is 0 Å². The molecule has 1 aromatic carbocycles. The number of rotatable bonds is 7. The van der Waals surface area contributed by atoms with Crippen LogP contribution in [0.4, 0.5) is 0 Å². The Balaban J connectivity index is 2.01. The number of carbonyl (C=O) groups is 1. The third-order valence-electron chi connectivity index (χ3n) is 6.49. The molecule has 1 aliphatic heterocycles. The normalized spacial score (nSPS) is 22.6. The van der Waals surface area contributed by atoms with Crippen LogP contribution >= 0.6 is 0 Å². The fraction of sp³-hybridized carbons (Fsp3) is 0.625. The van der Waals surface area contributed by atoms with Crippen LogP contribution in [0.1, 0.15) is 100 Å². The van der Waals surface area contributed by atoms with Gasteiger partial charge >= 0.3 is 5.97 Å². The molecule has 0 aromatic heterocycles. The summed E-state index contributed by atoms with van der Waals surface area (Å²) < 4.78 is 6.34. The number of fused-ring (bicyclic) bond motifs is 3. The van der Waals surface area contributed by atoms with Crippen molar-refractivity contribution in [2.45, 2.75) is 90.6 Å². The third-order valence-corrected chi connectivity index (χ3v) is 6.49. The molecule has 28 heavy (non-hydrogen) atoms. The van der Waals surface area contributed by atoms with E-state index in [0.717, 1.165) is 32.1 Å². The average molecular weight is 387 g/mol. The van der Waals surface area contributed by atoms with Crippen molar-refractivity contribution in [3.05, 3.63) is 34.4 Å². The second kappa shape index (κ2) is 8.18. The van der Waals surface area contributed by atoms with Crippen LogP contribution < -0.4 is 4.74 Å². The molecule has 1 aromatic rings. The van der Waals surface area contributed by atoms with Gasteiger partial charge in [0, 0.05) is 17.4 Å². The zero-order valence-corrected chi connectivity index (χ0v) is 17.7. The van der Waals surface area contributed by atoms with Gasteiger partial charge in [0.05, 0.1) is 0 Å². The second-order valence-electron chi connectivity index (χ2n) is 9.03. The Kier molecular flexibility index (Phi) is 6.07. The molecule has 154 valence electrons. The van der Waals surface area contributed by atoms with Crippen molar-refractivity contribution in [1.29, 1.82) is 0 Å². The monoisotopic (exact) mass is 386 g/mol. The Morgan fingerprint density at radius 2 is 1.96 bits per heavy atom. The van der Waals surface area contributed by atoms with Crippen molar-refractivity contribution in [2.24, 2.45) is 5.92 Å². The number of benzene rings is 1.